The number of nitrogens with one attached hydrogen (secondary N) is 1. The molecule has 0 unspecified atom stereocenters. The van der Waals surface area contributed by atoms with Crippen molar-refractivity contribution in [2.24, 2.45) is 0 Å². The third kappa shape index (κ3) is 3.33. The molecule has 2 N–H and O–H groups in total. The van der Waals surface area contributed by atoms with Gasteiger partial charge in [0.25, 0.3) is 5.91 Å². The Bertz CT molecular complexity index is 646. The number of aliphatic hydroxyl groups is 1. The first-order valence-electron chi connectivity index (χ1n) is 7.40. The summed E-state index contributed by atoms with van der Waals surface area (Å²) in [6, 6.07) is 6.07. The number of carbonyl (C=O) groups is 1. The highest BCUT2D eigenvalue weighted by Gasteiger charge is 2.22. The van der Waals surface area contributed by atoms with E-state index >= 15 is 0 Å². The molecule has 3 rings (SSSR count). The van der Waals surface area contributed by atoms with Gasteiger partial charge in [-0.1, -0.05) is 0 Å². The van der Waals surface area contributed by atoms with E-state index in [-0.39, 0.29) is 23.9 Å². The zero-order valence-corrected chi connectivity index (χ0v) is 12.1. The van der Waals surface area contributed by atoms with E-state index in [0.717, 1.165) is 31.4 Å². The molecule has 0 aliphatic heterocycles. The summed E-state index contributed by atoms with van der Waals surface area (Å²) in [6.07, 6.45) is 5.92. The fraction of sp³-hybridized carbons (Fsp3) is 0.375. The lowest BCUT2D eigenvalue weighted by Gasteiger charge is -2.25. The van der Waals surface area contributed by atoms with E-state index in [0.29, 0.717) is 5.69 Å². The van der Waals surface area contributed by atoms with Crippen molar-refractivity contribution in [3.8, 4) is 5.69 Å². The number of carbonyl (C=O) groups excluding carboxylic acids is 1. The molecule has 6 heteroatoms. The number of hydrogen-bond acceptors (Lipinski definition) is 3. The Morgan fingerprint density at radius 2 is 1.91 bits per heavy atom. The predicted octanol–water partition coefficient (Wildman–Crippen LogP) is 2.04. The van der Waals surface area contributed by atoms with Crippen LogP contribution in [-0.2, 0) is 0 Å². The highest BCUT2D eigenvalue weighted by atomic mass is 19.1. The second kappa shape index (κ2) is 6.27. The van der Waals surface area contributed by atoms with Gasteiger partial charge < -0.3 is 15.0 Å². The molecule has 0 bridgehead atoms. The molecule has 0 saturated heterocycles. The summed E-state index contributed by atoms with van der Waals surface area (Å²) in [5.41, 5.74) is 1.07. The third-order valence-electron chi connectivity index (χ3n) is 3.97. The van der Waals surface area contributed by atoms with E-state index in [1.807, 2.05) is 0 Å². The number of nitrogens with zero attached hydrogens (tertiary/aromatic N) is 2. The van der Waals surface area contributed by atoms with Gasteiger partial charge in [-0.2, -0.15) is 0 Å². The number of amides is 1. The number of halogens is 1. The Morgan fingerprint density at radius 1 is 1.23 bits per heavy atom. The van der Waals surface area contributed by atoms with Gasteiger partial charge in [-0.25, -0.2) is 9.37 Å². The molecule has 1 heterocycles. The van der Waals surface area contributed by atoms with Crippen molar-refractivity contribution in [3.05, 3.63) is 48.3 Å². The minimum absolute atomic E-state index is 0.0897. The van der Waals surface area contributed by atoms with E-state index in [1.165, 1.54) is 18.5 Å². The smallest absolute Gasteiger partial charge is 0.271 e. The van der Waals surface area contributed by atoms with Crippen molar-refractivity contribution >= 4 is 5.91 Å². The minimum Gasteiger partial charge on any atom is -0.393 e. The molecule has 1 aromatic carbocycles. The molecule has 5 nitrogen and oxygen atoms in total. The maximum absolute atomic E-state index is 12.9. The number of aliphatic hydroxyl groups excluding tert-OH is 1. The van der Waals surface area contributed by atoms with Crippen molar-refractivity contribution in [3.63, 3.8) is 0 Å². The summed E-state index contributed by atoms with van der Waals surface area (Å²) in [7, 11) is 0. The van der Waals surface area contributed by atoms with Crippen LogP contribution in [0.3, 0.4) is 0 Å². The lowest BCUT2D eigenvalue weighted by molar-refractivity contribution is 0.0863. The van der Waals surface area contributed by atoms with E-state index < -0.39 is 0 Å². The summed E-state index contributed by atoms with van der Waals surface area (Å²) in [5, 5.41) is 12.4. The van der Waals surface area contributed by atoms with Gasteiger partial charge in [-0.05, 0) is 49.9 Å². The van der Waals surface area contributed by atoms with Crippen molar-refractivity contribution in [2.45, 2.75) is 37.8 Å². The second-order valence-electron chi connectivity index (χ2n) is 5.62. The number of hydrogen-bond donors (Lipinski definition) is 2. The third-order valence-corrected chi connectivity index (χ3v) is 3.97. The van der Waals surface area contributed by atoms with Crippen molar-refractivity contribution in [2.75, 3.05) is 0 Å². The van der Waals surface area contributed by atoms with Crippen LogP contribution < -0.4 is 5.32 Å². The average molecular weight is 303 g/mol. The van der Waals surface area contributed by atoms with Gasteiger partial charge in [-0.3, -0.25) is 4.79 Å². The van der Waals surface area contributed by atoms with E-state index in [4.69, 9.17) is 0 Å². The monoisotopic (exact) mass is 303 g/mol. The van der Waals surface area contributed by atoms with Gasteiger partial charge in [-0.15, -0.1) is 0 Å². The highest BCUT2D eigenvalue weighted by Crippen LogP contribution is 2.18. The summed E-state index contributed by atoms with van der Waals surface area (Å²) in [5.74, 6) is -0.524. The largest absolute Gasteiger partial charge is 0.393 e. The lowest BCUT2D eigenvalue weighted by Crippen LogP contribution is -2.38. The molecule has 0 atom stereocenters. The van der Waals surface area contributed by atoms with Gasteiger partial charge >= 0.3 is 0 Å². The van der Waals surface area contributed by atoms with Crippen LogP contribution in [-0.4, -0.2) is 32.7 Å². The van der Waals surface area contributed by atoms with E-state index in [2.05, 4.69) is 10.3 Å². The first kappa shape index (κ1) is 14.7. The fourth-order valence-corrected chi connectivity index (χ4v) is 2.67. The van der Waals surface area contributed by atoms with Crippen LogP contribution in [0.25, 0.3) is 5.69 Å². The summed E-state index contributed by atoms with van der Waals surface area (Å²) in [4.78, 5) is 16.3. The molecule has 0 radical (unpaired) electrons. The summed E-state index contributed by atoms with van der Waals surface area (Å²) < 4.78 is 14.6. The molecule has 1 aliphatic rings. The molecule has 1 aliphatic carbocycles. The zero-order valence-electron chi connectivity index (χ0n) is 12.1. The molecule has 0 spiro atoms. The van der Waals surface area contributed by atoms with Crippen LogP contribution in [0.5, 0.6) is 0 Å². The van der Waals surface area contributed by atoms with Gasteiger partial charge in [0, 0.05) is 17.9 Å². The second-order valence-corrected chi connectivity index (χ2v) is 5.62. The van der Waals surface area contributed by atoms with E-state index in [9.17, 15) is 14.3 Å². The normalized spacial score (nSPS) is 21.5. The van der Waals surface area contributed by atoms with Crippen molar-refractivity contribution < 1.29 is 14.3 Å². The van der Waals surface area contributed by atoms with Crippen LogP contribution >= 0.6 is 0 Å². The van der Waals surface area contributed by atoms with Crippen molar-refractivity contribution in [1.29, 1.82) is 0 Å². The number of imidazole rings is 1. The molecule has 1 aromatic heterocycles. The molecule has 116 valence electrons. The molecular formula is C16H18FN3O2. The van der Waals surface area contributed by atoms with Gasteiger partial charge in [0.05, 0.1) is 6.10 Å². The molecule has 1 amide bonds. The van der Waals surface area contributed by atoms with Crippen LogP contribution in [0.4, 0.5) is 4.39 Å². The summed E-state index contributed by atoms with van der Waals surface area (Å²) in [6.45, 7) is 0. The number of aromatic nitrogens is 2. The Kier molecular flexibility index (Phi) is 4.20. The molecular weight excluding hydrogens is 285 g/mol. The maximum atomic E-state index is 12.9. The Labute approximate surface area is 127 Å². The fourth-order valence-electron chi connectivity index (χ4n) is 2.67. The van der Waals surface area contributed by atoms with Crippen LogP contribution in [0.15, 0.2) is 36.8 Å². The molecule has 1 saturated carbocycles. The number of rotatable bonds is 3. The SMILES string of the molecule is O=C(NC1CCC(O)CC1)c1cn(-c2ccc(F)cc2)cn1. The van der Waals surface area contributed by atoms with Gasteiger partial charge in [0.1, 0.15) is 17.8 Å². The first-order valence-corrected chi connectivity index (χ1v) is 7.40. The topological polar surface area (TPSA) is 67.2 Å². The molecule has 2 aromatic rings. The average Bonchev–Trinajstić information content (AvgIpc) is 3.00. The van der Waals surface area contributed by atoms with Crippen molar-refractivity contribution in [1.82, 2.24) is 14.9 Å². The highest BCUT2D eigenvalue weighted by molar-refractivity contribution is 5.92. The van der Waals surface area contributed by atoms with E-state index in [1.54, 1.807) is 22.9 Å². The molecule has 1 fully saturated rings. The summed E-state index contributed by atoms with van der Waals surface area (Å²) >= 11 is 0. The van der Waals surface area contributed by atoms with Crippen LogP contribution in [0.1, 0.15) is 36.2 Å². The minimum atomic E-state index is -0.304. The van der Waals surface area contributed by atoms with Gasteiger partial charge in [0.15, 0.2) is 0 Å². The lowest BCUT2D eigenvalue weighted by atomic mass is 9.93. The maximum Gasteiger partial charge on any atom is 0.271 e. The Morgan fingerprint density at radius 3 is 2.59 bits per heavy atom. The first-order chi connectivity index (χ1) is 10.6. The molecule has 22 heavy (non-hydrogen) atoms. The predicted molar refractivity (Wildman–Crippen MR) is 79.3 cm³/mol. The Hall–Kier alpha value is -2.21. The van der Waals surface area contributed by atoms with Gasteiger partial charge in [0.2, 0.25) is 0 Å². The standard InChI is InChI=1S/C16H18FN3O2/c17-11-1-5-13(6-2-11)20-9-15(18-10-20)16(22)19-12-3-7-14(21)8-4-12/h1-2,5-6,9-10,12,14,21H,3-4,7-8H2,(H,19,22). The number of benzene rings is 1. The van der Waals surface area contributed by atoms with Crippen LogP contribution in [0.2, 0.25) is 0 Å². The zero-order chi connectivity index (χ0) is 15.5. The quantitative estimate of drug-likeness (QED) is 0.912. The Balaban J connectivity index is 1.65. The van der Waals surface area contributed by atoms with Crippen LogP contribution in [0, 0.1) is 5.82 Å².